The minimum Gasteiger partial charge on any atom is -0.377 e. The van der Waals surface area contributed by atoms with Crippen molar-refractivity contribution in [1.82, 2.24) is 0 Å². The van der Waals surface area contributed by atoms with Crippen molar-refractivity contribution < 1.29 is 4.39 Å². The van der Waals surface area contributed by atoms with Gasteiger partial charge in [-0.1, -0.05) is 58.0 Å². The van der Waals surface area contributed by atoms with E-state index in [0.29, 0.717) is 19.7 Å². The fraction of sp³-hybridized carbons (Fsp3) is 0.0667. The van der Waals surface area contributed by atoms with Gasteiger partial charge in [-0.05, 0) is 33.6 Å². The molecule has 3 nitrogen and oxygen atoms in total. The highest BCUT2D eigenvalue weighted by atomic mass is 79.9. The summed E-state index contributed by atoms with van der Waals surface area (Å²) in [4.78, 5) is 0. The Morgan fingerprint density at radius 3 is 2.64 bits per heavy atom. The van der Waals surface area contributed by atoms with Gasteiger partial charge >= 0.3 is 0 Å². The smallest absolute Gasteiger partial charge is 0.180 e. The largest absolute Gasteiger partial charge is 0.377 e. The van der Waals surface area contributed by atoms with Crippen molar-refractivity contribution in [2.45, 2.75) is 5.75 Å². The van der Waals surface area contributed by atoms with Crippen molar-refractivity contribution in [3.05, 3.63) is 68.4 Å². The monoisotopic (exact) mass is 443 g/mol. The summed E-state index contributed by atoms with van der Waals surface area (Å²) in [6.07, 6.45) is 1.52. The summed E-state index contributed by atoms with van der Waals surface area (Å²) in [5, 5.41) is 8.23. The van der Waals surface area contributed by atoms with Crippen LogP contribution in [0.5, 0.6) is 0 Å². The third kappa shape index (κ3) is 5.23. The molecule has 0 amide bonds. The summed E-state index contributed by atoms with van der Waals surface area (Å²) in [7, 11) is 0. The minimum atomic E-state index is -0.342. The Labute approximate surface area is 149 Å². The van der Waals surface area contributed by atoms with E-state index in [1.54, 1.807) is 6.07 Å². The zero-order valence-electron chi connectivity index (χ0n) is 11.3. The van der Waals surface area contributed by atoms with Crippen LogP contribution >= 0.6 is 43.6 Å². The Hall–Kier alpha value is -1.18. The van der Waals surface area contributed by atoms with Crippen molar-refractivity contribution in [1.29, 1.82) is 0 Å². The Kier molecular flexibility index (Phi) is 6.60. The first-order valence-corrected chi connectivity index (χ1v) is 8.81. The first-order valence-electron chi connectivity index (χ1n) is 6.24. The number of nitrogens with two attached hydrogens (primary N) is 1. The van der Waals surface area contributed by atoms with Crippen molar-refractivity contribution in [2.24, 2.45) is 15.9 Å². The quantitative estimate of drug-likeness (QED) is 0.314. The molecule has 0 aliphatic heterocycles. The van der Waals surface area contributed by atoms with Gasteiger partial charge in [0, 0.05) is 15.8 Å². The summed E-state index contributed by atoms with van der Waals surface area (Å²) in [5.74, 6) is 0.391. The van der Waals surface area contributed by atoms with E-state index in [0.717, 1.165) is 5.75 Å². The van der Waals surface area contributed by atoms with E-state index in [2.05, 4.69) is 42.1 Å². The molecule has 0 heterocycles. The van der Waals surface area contributed by atoms with Crippen LogP contribution in [0.3, 0.4) is 0 Å². The van der Waals surface area contributed by atoms with Crippen LogP contribution in [0.15, 0.2) is 61.6 Å². The lowest BCUT2D eigenvalue weighted by atomic mass is 10.2. The van der Waals surface area contributed by atoms with Crippen LogP contribution in [0.25, 0.3) is 0 Å². The van der Waals surface area contributed by atoms with Crippen LogP contribution in [-0.2, 0) is 5.75 Å². The molecule has 0 fully saturated rings. The maximum atomic E-state index is 13.3. The van der Waals surface area contributed by atoms with Gasteiger partial charge in [-0.3, -0.25) is 0 Å². The molecule has 22 heavy (non-hydrogen) atoms. The van der Waals surface area contributed by atoms with Gasteiger partial charge in [-0.25, -0.2) is 4.39 Å². The van der Waals surface area contributed by atoms with Crippen LogP contribution in [-0.4, -0.2) is 11.4 Å². The molecule has 2 aromatic carbocycles. The lowest BCUT2D eigenvalue weighted by Gasteiger charge is -2.01. The van der Waals surface area contributed by atoms with E-state index in [1.165, 1.54) is 29.6 Å². The highest BCUT2D eigenvalue weighted by Crippen LogP contribution is 2.23. The van der Waals surface area contributed by atoms with Crippen LogP contribution in [0.4, 0.5) is 4.39 Å². The standard InChI is InChI=1S/C15H12Br2FN3S/c16-12-7-14(18)13(17)6-11(12)8-20-21-15(19)22-9-10-4-2-1-3-5-10/h1-8H,9H2,(H2,19,21). The Morgan fingerprint density at radius 1 is 1.18 bits per heavy atom. The van der Waals surface area contributed by atoms with E-state index in [9.17, 15) is 4.39 Å². The molecule has 0 bridgehead atoms. The number of hydrogen-bond acceptors (Lipinski definition) is 3. The number of hydrogen-bond donors (Lipinski definition) is 1. The van der Waals surface area contributed by atoms with Crippen LogP contribution in [0.2, 0.25) is 0 Å². The van der Waals surface area contributed by atoms with Crippen molar-refractivity contribution in [2.75, 3.05) is 0 Å². The van der Waals surface area contributed by atoms with Crippen LogP contribution < -0.4 is 5.73 Å². The SMILES string of the molecule is NC(=NN=Cc1cc(Br)c(F)cc1Br)SCc1ccccc1. The van der Waals surface area contributed by atoms with Crippen LogP contribution in [0, 0.1) is 5.82 Å². The normalized spacial score (nSPS) is 12.0. The zero-order valence-corrected chi connectivity index (χ0v) is 15.3. The summed E-state index contributed by atoms with van der Waals surface area (Å²) in [6.45, 7) is 0. The topological polar surface area (TPSA) is 50.7 Å². The van der Waals surface area contributed by atoms with Gasteiger partial charge in [-0.2, -0.15) is 5.10 Å². The Bertz CT molecular complexity index is 705. The van der Waals surface area contributed by atoms with E-state index in [1.807, 2.05) is 30.3 Å². The number of thioether (sulfide) groups is 1. The second kappa shape index (κ2) is 8.45. The number of rotatable bonds is 4. The fourth-order valence-electron chi connectivity index (χ4n) is 1.55. The molecule has 0 atom stereocenters. The minimum absolute atomic E-state index is 0.342. The number of benzene rings is 2. The fourth-order valence-corrected chi connectivity index (χ4v) is 2.94. The Morgan fingerprint density at radius 2 is 1.91 bits per heavy atom. The van der Waals surface area contributed by atoms with Gasteiger partial charge in [0.25, 0.3) is 0 Å². The van der Waals surface area contributed by atoms with E-state index < -0.39 is 0 Å². The average molecular weight is 445 g/mol. The van der Waals surface area contributed by atoms with Crippen LogP contribution in [0.1, 0.15) is 11.1 Å². The molecular weight excluding hydrogens is 433 g/mol. The molecule has 0 spiro atoms. The van der Waals surface area contributed by atoms with Gasteiger partial charge in [0.1, 0.15) is 5.82 Å². The van der Waals surface area contributed by atoms with E-state index >= 15 is 0 Å². The zero-order chi connectivity index (χ0) is 15.9. The average Bonchev–Trinajstić information content (AvgIpc) is 2.51. The highest BCUT2D eigenvalue weighted by molar-refractivity contribution is 9.11. The third-order valence-electron chi connectivity index (χ3n) is 2.62. The lowest BCUT2D eigenvalue weighted by Crippen LogP contribution is -2.06. The molecule has 114 valence electrons. The van der Waals surface area contributed by atoms with Crippen molar-refractivity contribution in [3.8, 4) is 0 Å². The van der Waals surface area contributed by atoms with E-state index in [-0.39, 0.29) is 5.82 Å². The maximum absolute atomic E-state index is 13.3. The van der Waals surface area contributed by atoms with Gasteiger partial charge in [0.15, 0.2) is 5.17 Å². The molecule has 0 unspecified atom stereocenters. The summed E-state index contributed by atoms with van der Waals surface area (Å²) in [5.41, 5.74) is 7.67. The molecule has 0 saturated heterocycles. The molecular formula is C15H12Br2FN3S. The molecule has 0 radical (unpaired) electrons. The number of halogens is 3. The first kappa shape index (κ1) is 17.2. The van der Waals surface area contributed by atoms with Gasteiger partial charge < -0.3 is 5.73 Å². The van der Waals surface area contributed by atoms with Gasteiger partial charge in [0.05, 0.1) is 10.7 Å². The summed E-state index contributed by atoms with van der Waals surface area (Å²) >= 11 is 7.81. The molecule has 2 N–H and O–H groups in total. The molecule has 0 aliphatic carbocycles. The lowest BCUT2D eigenvalue weighted by molar-refractivity contribution is 0.620. The van der Waals surface area contributed by atoms with Crippen molar-refractivity contribution in [3.63, 3.8) is 0 Å². The number of nitrogens with zero attached hydrogens (tertiary/aromatic N) is 2. The molecule has 0 aromatic heterocycles. The first-order chi connectivity index (χ1) is 10.6. The second-order valence-electron chi connectivity index (χ2n) is 4.24. The van der Waals surface area contributed by atoms with E-state index in [4.69, 9.17) is 5.73 Å². The maximum Gasteiger partial charge on any atom is 0.180 e. The summed E-state index contributed by atoms with van der Waals surface area (Å²) in [6, 6.07) is 13.0. The predicted octanol–water partition coefficient (Wildman–Crippen LogP) is 4.93. The number of amidine groups is 1. The molecule has 2 rings (SSSR count). The Balaban J connectivity index is 1.97. The highest BCUT2D eigenvalue weighted by Gasteiger charge is 2.04. The molecule has 7 heteroatoms. The van der Waals surface area contributed by atoms with Gasteiger partial charge in [0.2, 0.25) is 0 Å². The molecule has 2 aromatic rings. The second-order valence-corrected chi connectivity index (χ2v) is 6.95. The summed E-state index contributed by atoms with van der Waals surface area (Å²) < 4.78 is 14.3. The molecule has 0 aliphatic rings. The third-order valence-corrected chi connectivity index (χ3v) is 4.77. The molecule has 0 saturated carbocycles. The van der Waals surface area contributed by atoms with Crippen molar-refractivity contribution >= 4 is 55.0 Å². The van der Waals surface area contributed by atoms with Gasteiger partial charge in [-0.15, -0.1) is 5.10 Å². The predicted molar refractivity (Wildman–Crippen MR) is 98.8 cm³/mol.